The second-order valence-electron chi connectivity index (χ2n) is 3.47. The third kappa shape index (κ3) is 3.02. The summed E-state index contributed by atoms with van der Waals surface area (Å²) in [5.74, 6) is 0. The van der Waals surface area contributed by atoms with Gasteiger partial charge >= 0.3 is 7.60 Å². The van der Waals surface area contributed by atoms with Gasteiger partial charge < -0.3 is 9.05 Å². The lowest BCUT2D eigenvalue weighted by Crippen LogP contribution is -2.17. The fraction of sp³-hybridized carbons (Fsp3) is 0.250. The Morgan fingerprint density at radius 1 is 0.905 bits per heavy atom. The second kappa shape index (κ2) is 5.91. The van der Waals surface area contributed by atoms with Crippen molar-refractivity contribution in [3.05, 3.63) is 42.5 Å². The number of hydrogen-bond donors (Lipinski definition) is 0. The van der Waals surface area contributed by atoms with E-state index < -0.39 is 44.7 Å². The van der Waals surface area contributed by atoms with Crippen molar-refractivity contribution < 1.29 is 28.4 Å². The van der Waals surface area contributed by atoms with Crippen molar-refractivity contribution in [2.45, 2.75) is 0 Å². The molecule has 0 aliphatic carbocycles. The van der Waals surface area contributed by atoms with Crippen LogP contribution in [0.4, 0.5) is 17.1 Å². The van der Waals surface area contributed by atoms with Crippen molar-refractivity contribution >= 4 is 30.0 Å². The zero-order valence-electron chi connectivity index (χ0n) is 10.6. The molecular formula is C8H8N3O9P. The monoisotopic (exact) mass is 321 g/mol. The molecule has 0 atom stereocenters. The van der Waals surface area contributed by atoms with Crippen LogP contribution in [-0.2, 0) is 13.6 Å². The molecule has 0 aliphatic heterocycles. The fourth-order valence-electron chi connectivity index (χ4n) is 1.51. The molecule has 0 N–H and O–H groups in total. The van der Waals surface area contributed by atoms with E-state index in [1.54, 1.807) is 0 Å². The maximum Gasteiger partial charge on any atom is 0.374 e. The van der Waals surface area contributed by atoms with Crippen LogP contribution < -0.4 is 5.30 Å². The number of nitro groups is 3. The number of non-ortho nitro benzene ring substituents is 1. The van der Waals surface area contributed by atoms with E-state index >= 15 is 0 Å². The molecule has 1 aromatic carbocycles. The average molecular weight is 321 g/mol. The van der Waals surface area contributed by atoms with Gasteiger partial charge in [-0.25, -0.2) is 0 Å². The van der Waals surface area contributed by atoms with E-state index in [1.165, 1.54) is 0 Å². The first-order valence-electron chi connectivity index (χ1n) is 5.01. The summed E-state index contributed by atoms with van der Waals surface area (Å²) in [5.41, 5.74) is -3.08. The summed E-state index contributed by atoms with van der Waals surface area (Å²) in [4.78, 5) is 29.3. The molecule has 1 aromatic rings. The first-order valence-corrected chi connectivity index (χ1v) is 6.55. The molecule has 114 valence electrons. The summed E-state index contributed by atoms with van der Waals surface area (Å²) < 4.78 is 21.3. The number of nitrogens with zero attached hydrogens (tertiary/aromatic N) is 3. The fourth-order valence-corrected chi connectivity index (χ4v) is 2.88. The van der Waals surface area contributed by atoms with E-state index in [-0.39, 0.29) is 0 Å². The molecule has 0 saturated carbocycles. The molecule has 0 amide bonds. The Morgan fingerprint density at radius 3 is 1.52 bits per heavy atom. The van der Waals surface area contributed by atoms with Gasteiger partial charge in [0.15, 0.2) is 0 Å². The molecule has 13 heteroatoms. The lowest BCUT2D eigenvalue weighted by molar-refractivity contribution is -0.401. The molecule has 0 aromatic heterocycles. The highest BCUT2D eigenvalue weighted by Gasteiger charge is 2.43. The normalized spacial score (nSPS) is 11.1. The minimum absolute atomic E-state index is 0.451. The summed E-state index contributed by atoms with van der Waals surface area (Å²) in [6, 6.07) is 0.903. The summed E-state index contributed by atoms with van der Waals surface area (Å²) in [7, 11) is -2.62. The molecule has 0 bridgehead atoms. The zero-order valence-corrected chi connectivity index (χ0v) is 11.5. The van der Waals surface area contributed by atoms with E-state index in [1.807, 2.05) is 0 Å². The Balaban J connectivity index is 3.91. The summed E-state index contributed by atoms with van der Waals surface area (Å²) in [5, 5.41) is 31.7. The third-order valence-electron chi connectivity index (χ3n) is 2.41. The standard InChI is InChI=1S/C8H8N3O9P/c1-19-21(18,20-2)8-6(10(14)15)3-5(9(12)13)4-7(8)11(16)17/h3-4H,1-2H3. The van der Waals surface area contributed by atoms with Crippen LogP contribution in [0.2, 0.25) is 0 Å². The number of hydrogen-bond acceptors (Lipinski definition) is 9. The van der Waals surface area contributed by atoms with Crippen molar-refractivity contribution in [1.82, 2.24) is 0 Å². The van der Waals surface area contributed by atoms with Crippen LogP contribution in [0.25, 0.3) is 0 Å². The van der Waals surface area contributed by atoms with Crippen LogP contribution in [0.5, 0.6) is 0 Å². The quantitative estimate of drug-likeness (QED) is 0.428. The Morgan fingerprint density at radius 2 is 1.29 bits per heavy atom. The lowest BCUT2D eigenvalue weighted by atomic mass is 10.2. The Hall–Kier alpha value is -2.43. The molecule has 0 unspecified atom stereocenters. The first-order chi connectivity index (χ1) is 9.67. The van der Waals surface area contributed by atoms with Crippen LogP contribution in [0.1, 0.15) is 0 Å². The van der Waals surface area contributed by atoms with Gasteiger partial charge in [-0.15, -0.1) is 0 Å². The van der Waals surface area contributed by atoms with E-state index in [4.69, 9.17) is 0 Å². The molecule has 0 spiro atoms. The lowest BCUT2D eigenvalue weighted by Gasteiger charge is -2.13. The molecule has 0 radical (unpaired) electrons. The van der Waals surface area contributed by atoms with Crippen LogP contribution in [0, 0.1) is 30.3 Å². The van der Waals surface area contributed by atoms with Crippen LogP contribution in [0.3, 0.4) is 0 Å². The van der Waals surface area contributed by atoms with Crippen LogP contribution in [-0.4, -0.2) is 29.0 Å². The number of nitro benzene ring substituents is 3. The highest BCUT2D eigenvalue weighted by Crippen LogP contribution is 2.51. The van der Waals surface area contributed by atoms with Crippen molar-refractivity contribution in [3.8, 4) is 0 Å². The first kappa shape index (κ1) is 16.6. The minimum Gasteiger partial charge on any atom is -0.308 e. The van der Waals surface area contributed by atoms with E-state index in [2.05, 4.69) is 9.05 Å². The van der Waals surface area contributed by atoms with Gasteiger partial charge in [0, 0.05) is 14.2 Å². The maximum absolute atomic E-state index is 12.3. The number of benzene rings is 1. The molecule has 12 nitrogen and oxygen atoms in total. The van der Waals surface area contributed by atoms with E-state index in [0.29, 0.717) is 12.1 Å². The molecule has 0 heterocycles. The van der Waals surface area contributed by atoms with Crippen molar-refractivity contribution in [2.24, 2.45) is 0 Å². The van der Waals surface area contributed by atoms with Gasteiger partial charge in [-0.05, 0) is 0 Å². The van der Waals surface area contributed by atoms with Gasteiger partial charge in [-0.1, -0.05) is 0 Å². The van der Waals surface area contributed by atoms with Gasteiger partial charge in [0.05, 0.1) is 26.9 Å². The van der Waals surface area contributed by atoms with Crippen molar-refractivity contribution in [2.75, 3.05) is 14.2 Å². The van der Waals surface area contributed by atoms with Gasteiger partial charge in [-0.3, -0.25) is 34.9 Å². The largest absolute Gasteiger partial charge is 0.374 e. The highest BCUT2D eigenvalue weighted by molar-refractivity contribution is 7.62. The van der Waals surface area contributed by atoms with Gasteiger partial charge in [0.2, 0.25) is 5.30 Å². The van der Waals surface area contributed by atoms with Gasteiger partial charge in [-0.2, -0.15) is 0 Å². The summed E-state index contributed by atoms with van der Waals surface area (Å²) in [6.07, 6.45) is 0. The predicted octanol–water partition coefficient (Wildman–Crippen LogP) is 1.52. The van der Waals surface area contributed by atoms with E-state index in [9.17, 15) is 34.9 Å². The maximum atomic E-state index is 12.3. The smallest absolute Gasteiger partial charge is 0.308 e. The number of rotatable bonds is 6. The second-order valence-corrected chi connectivity index (χ2v) is 5.64. The SMILES string of the molecule is COP(=O)(OC)c1c([N+](=O)[O-])cc([N+](=O)[O-])cc1[N+](=O)[O-]. The molecule has 0 fully saturated rings. The summed E-state index contributed by atoms with van der Waals surface area (Å²) >= 11 is 0. The average Bonchev–Trinajstić information content (AvgIpc) is 2.44. The molecular weight excluding hydrogens is 313 g/mol. The zero-order chi connectivity index (χ0) is 16.4. The van der Waals surface area contributed by atoms with Crippen molar-refractivity contribution in [3.63, 3.8) is 0 Å². The van der Waals surface area contributed by atoms with Gasteiger partial charge in [0.25, 0.3) is 17.1 Å². The minimum atomic E-state index is -4.37. The Labute approximate surface area is 116 Å². The van der Waals surface area contributed by atoms with Crippen molar-refractivity contribution in [1.29, 1.82) is 0 Å². The molecule has 0 saturated heterocycles. The third-order valence-corrected chi connectivity index (χ3v) is 4.38. The molecule has 0 aliphatic rings. The highest BCUT2D eigenvalue weighted by atomic mass is 31.2. The molecule has 1 rings (SSSR count). The predicted molar refractivity (Wildman–Crippen MR) is 67.7 cm³/mol. The van der Waals surface area contributed by atoms with Crippen LogP contribution in [0.15, 0.2) is 12.1 Å². The van der Waals surface area contributed by atoms with E-state index in [0.717, 1.165) is 14.2 Å². The van der Waals surface area contributed by atoms with Gasteiger partial charge in [0.1, 0.15) is 0 Å². The Bertz CT molecular complexity index is 630. The summed E-state index contributed by atoms with van der Waals surface area (Å²) in [6.45, 7) is 0. The van der Waals surface area contributed by atoms with Crippen LogP contribution >= 0.6 is 7.60 Å². The Kier molecular flexibility index (Phi) is 4.68. The topological polar surface area (TPSA) is 165 Å². The molecule has 21 heavy (non-hydrogen) atoms.